The molecule has 1 saturated carbocycles. The third-order valence-electron chi connectivity index (χ3n) is 5.45. The maximum atomic E-state index is 12.2. The molecule has 0 radical (unpaired) electrons. The maximum Gasteiger partial charge on any atom is 0.317 e. The Hall–Kier alpha value is -2.04. The van der Waals surface area contributed by atoms with Gasteiger partial charge in [0.05, 0.1) is 0 Å². The van der Waals surface area contributed by atoms with Crippen molar-refractivity contribution in [2.75, 3.05) is 33.2 Å². The number of likely N-dealkylation sites (tertiary alicyclic amines) is 1. The third-order valence-corrected chi connectivity index (χ3v) is 5.45. The number of rotatable bonds is 7. The third kappa shape index (κ3) is 4.97. The number of hydrogen-bond acceptors (Lipinski definition) is 2. The smallest absolute Gasteiger partial charge is 0.317 e. The first-order chi connectivity index (χ1) is 12.1. The van der Waals surface area contributed by atoms with Crippen LogP contribution in [0.25, 0.3) is 0 Å². The lowest BCUT2D eigenvalue weighted by Crippen LogP contribution is -2.43. The highest BCUT2D eigenvalue weighted by atomic mass is 16.2. The quantitative estimate of drug-likeness (QED) is 0.827. The highest BCUT2D eigenvalue weighted by Crippen LogP contribution is 2.26. The van der Waals surface area contributed by atoms with E-state index in [0.29, 0.717) is 18.9 Å². The molecule has 1 aliphatic carbocycles. The minimum atomic E-state index is -0.0120. The van der Waals surface area contributed by atoms with Crippen molar-refractivity contribution >= 4 is 11.9 Å². The van der Waals surface area contributed by atoms with E-state index in [1.807, 2.05) is 30.1 Å². The van der Waals surface area contributed by atoms with Crippen molar-refractivity contribution in [2.45, 2.75) is 32.1 Å². The van der Waals surface area contributed by atoms with Crippen LogP contribution in [0.15, 0.2) is 30.3 Å². The van der Waals surface area contributed by atoms with Crippen LogP contribution >= 0.6 is 0 Å². The van der Waals surface area contributed by atoms with E-state index in [1.165, 1.54) is 24.8 Å². The van der Waals surface area contributed by atoms with Gasteiger partial charge in [0, 0.05) is 45.6 Å². The zero-order chi connectivity index (χ0) is 17.6. The first kappa shape index (κ1) is 17.8. The molecule has 3 amide bonds. The SMILES string of the molecule is CN(CC1CCC1)C(=O)NC[C@H]1CC(=O)N(CCc2ccccc2)C1. The Morgan fingerprint density at radius 1 is 1.24 bits per heavy atom. The van der Waals surface area contributed by atoms with Gasteiger partial charge in [0.2, 0.25) is 5.91 Å². The molecule has 1 heterocycles. The van der Waals surface area contributed by atoms with E-state index in [0.717, 1.165) is 26.1 Å². The molecular formula is C20H29N3O2. The van der Waals surface area contributed by atoms with Crippen LogP contribution in [0.3, 0.4) is 0 Å². The number of urea groups is 1. The van der Waals surface area contributed by atoms with Crippen LogP contribution in [0.2, 0.25) is 0 Å². The normalized spacial score (nSPS) is 20.4. The number of benzene rings is 1. The second-order valence-electron chi connectivity index (χ2n) is 7.51. The van der Waals surface area contributed by atoms with Gasteiger partial charge in [-0.2, -0.15) is 0 Å². The molecule has 1 saturated heterocycles. The van der Waals surface area contributed by atoms with E-state index in [-0.39, 0.29) is 17.9 Å². The Morgan fingerprint density at radius 3 is 2.68 bits per heavy atom. The van der Waals surface area contributed by atoms with Crippen molar-refractivity contribution in [3.05, 3.63) is 35.9 Å². The number of amides is 3. The number of carbonyl (C=O) groups excluding carboxylic acids is 2. The van der Waals surface area contributed by atoms with Crippen molar-refractivity contribution in [2.24, 2.45) is 11.8 Å². The van der Waals surface area contributed by atoms with Crippen LogP contribution in [0.1, 0.15) is 31.2 Å². The minimum Gasteiger partial charge on any atom is -0.342 e. The van der Waals surface area contributed by atoms with Crippen molar-refractivity contribution < 1.29 is 9.59 Å². The zero-order valence-corrected chi connectivity index (χ0v) is 15.1. The lowest BCUT2D eigenvalue weighted by molar-refractivity contribution is -0.127. The van der Waals surface area contributed by atoms with E-state index in [9.17, 15) is 9.59 Å². The van der Waals surface area contributed by atoms with Crippen molar-refractivity contribution in [1.29, 1.82) is 0 Å². The number of hydrogen-bond donors (Lipinski definition) is 1. The van der Waals surface area contributed by atoms with Crippen molar-refractivity contribution in [3.8, 4) is 0 Å². The van der Waals surface area contributed by atoms with E-state index < -0.39 is 0 Å². The van der Waals surface area contributed by atoms with Crippen molar-refractivity contribution in [3.63, 3.8) is 0 Å². The van der Waals surface area contributed by atoms with Crippen LogP contribution in [0.4, 0.5) is 4.79 Å². The zero-order valence-electron chi connectivity index (χ0n) is 15.1. The summed E-state index contributed by atoms with van der Waals surface area (Å²) < 4.78 is 0. The number of carbonyl (C=O) groups is 2. The van der Waals surface area contributed by atoms with E-state index in [1.54, 1.807) is 4.90 Å². The predicted molar refractivity (Wildman–Crippen MR) is 98.2 cm³/mol. The Labute approximate surface area is 150 Å². The summed E-state index contributed by atoms with van der Waals surface area (Å²) >= 11 is 0. The first-order valence-corrected chi connectivity index (χ1v) is 9.42. The topological polar surface area (TPSA) is 52.7 Å². The summed E-state index contributed by atoms with van der Waals surface area (Å²) in [5, 5.41) is 3.00. The summed E-state index contributed by atoms with van der Waals surface area (Å²) in [4.78, 5) is 28.1. The molecule has 0 aromatic heterocycles. The van der Waals surface area contributed by atoms with Gasteiger partial charge >= 0.3 is 6.03 Å². The average Bonchev–Trinajstić information content (AvgIpc) is 2.94. The molecule has 5 nitrogen and oxygen atoms in total. The molecule has 136 valence electrons. The molecule has 2 fully saturated rings. The lowest BCUT2D eigenvalue weighted by Gasteiger charge is -2.30. The van der Waals surface area contributed by atoms with Crippen LogP contribution in [0, 0.1) is 11.8 Å². The van der Waals surface area contributed by atoms with Crippen LogP contribution in [-0.2, 0) is 11.2 Å². The van der Waals surface area contributed by atoms with Gasteiger partial charge in [-0.1, -0.05) is 36.8 Å². The summed E-state index contributed by atoms with van der Waals surface area (Å²) in [5.41, 5.74) is 1.25. The number of nitrogens with zero attached hydrogens (tertiary/aromatic N) is 2. The first-order valence-electron chi connectivity index (χ1n) is 9.42. The molecule has 1 atom stereocenters. The Bertz CT molecular complexity index is 586. The molecule has 1 aromatic carbocycles. The van der Waals surface area contributed by atoms with Crippen LogP contribution < -0.4 is 5.32 Å². The molecule has 25 heavy (non-hydrogen) atoms. The van der Waals surface area contributed by atoms with Gasteiger partial charge in [0.15, 0.2) is 0 Å². The summed E-state index contributed by atoms with van der Waals surface area (Å²) in [6.45, 7) is 2.94. The van der Waals surface area contributed by atoms with E-state index >= 15 is 0 Å². The largest absolute Gasteiger partial charge is 0.342 e. The second-order valence-corrected chi connectivity index (χ2v) is 7.51. The van der Waals surface area contributed by atoms with Gasteiger partial charge in [-0.05, 0) is 30.7 Å². The molecule has 0 spiro atoms. The van der Waals surface area contributed by atoms with Gasteiger partial charge in [-0.3, -0.25) is 4.79 Å². The Kier molecular flexibility index (Phi) is 5.95. The van der Waals surface area contributed by atoms with Crippen molar-refractivity contribution in [1.82, 2.24) is 15.1 Å². The molecule has 3 rings (SSSR count). The molecule has 2 aliphatic rings. The summed E-state index contributed by atoms with van der Waals surface area (Å²) in [5.74, 6) is 1.11. The fourth-order valence-corrected chi connectivity index (χ4v) is 3.63. The minimum absolute atomic E-state index is 0.0120. The van der Waals surface area contributed by atoms with Gasteiger partial charge in [-0.25, -0.2) is 4.79 Å². The summed E-state index contributed by atoms with van der Waals surface area (Å²) in [7, 11) is 1.86. The molecule has 5 heteroatoms. The lowest BCUT2D eigenvalue weighted by atomic mass is 9.85. The Balaban J connectivity index is 1.37. The average molecular weight is 343 g/mol. The maximum absolute atomic E-state index is 12.2. The van der Waals surface area contributed by atoms with Crippen LogP contribution in [0.5, 0.6) is 0 Å². The fraction of sp³-hybridized carbons (Fsp3) is 0.600. The summed E-state index contributed by atoms with van der Waals surface area (Å²) in [6.07, 6.45) is 5.20. The Morgan fingerprint density at radius 2 is 2.00 bits per heavy atom. The van der Waals surface area contributed by atoms with Gasteiger partial charge < -0.3 is 15.1 Å². The van der Waals surface area contributed by atoms with Crippen LogP contribution in [-0.4, -0.2) is 55.0 Å². The molecule has 1 aromatic rings. The molecule has 0 bridgehead atoms. The van der Waals surface area contributed by atoms with Gasteiger partial charge in [0.25, 0.3) is 0 Å². The standard InChI is InChI=1S/C20H29N3O2/c1-22(14-17-8-5-9-17)20(25)21-13-18-12-19(24)23(15-18)11-10-16-6-3-2-4-7-16/h2-4,6-7,17-18H,5,8-15H2,1H3,(H,21,25)/t18-/m1/s1. The fourth-order valence-electron chi connectivity index (χ4n) is 3.63. The molecule has 1 aliphatic heterocycles. The van der Waals surface area contributed by atoms with Gasteiger partial charge in [0.1, 0.15) is 0 Å². The molecule has 0 unspecified atom stereocenters. The highest BCUT2D eigenvalue weighted by Gasteiger charge is 2.29. The molecular weight excluding hydrogens is 314 g/mol. The summed E-state index contributed by atoms with van der Waals surface area (Å²) in [6, 6.07) is 10.2. The van der Waals surface area contributed by atoms with E-state index in [2.05, 4.69) is 17.4 Å². The highest BCUT2D eigenvalue weighted by molar-refractivity contribution is 5.79. The van der Waals surface area contributed by atoms with E-state index in [4.69, 9.17) is 0 Å². The predicted octanol–water partition coefficient (Wildman–Crippen LogP) is 2.52. The second kappa shape index (κ2) is 8.37. The monoisotopic (exact) mass is 343 g/mol. The molecule has 1 N–H and O–H groups in total. The number of nitrogens with one attached hydrogen (secondary N) is 1. The van der Waals surface area contributed by atoms with Gasteiger partial charge in [-0.15, -0.1) is 0 Å².